The molecule has 0 saturated heterocycles. The van der Waals surface area contributed by atoms with E-state index in [9.17, 15) is 0 Å². The quantitative estimate of drug-likeness (QED) is 0.881. The van der Waals surface area contributed by atoms with Gasteiger partial charge in [-0.1, -0.05) is 32.9 Å². The minimum atomic E-state index is -0.0879. The maximum atomic E-state index is 9.11. The Kier molecular flexibility index (Phi) is 3.26. The second-order valence-corrected chi connectivity index (χ2v) is 5.51. The van der Waals surface area contributed by atoms with Crippen LogP contribution in [0.2, 0.25) is 0 Å². The molecule has 1 aromatic heterocycles. The van der Waals surface area contributed by atoms with E-state index >= 15 is 0 Å². The molecule has 1 N–H and O–H groups in total. The highest BCUT2D eigenvalue weighted by Crippen LogP contribution is 2.26. The molecule has 0 aliphatic rings. The van der Waals surface area contributed by atoms with E-state index in [0.29, 0.717) is 17.3 Å². The highest BCUT2D eigenvalue weighted by Gasteiger charge is 2.15. The predicted octanol–water partition coefficient (Wildman–Crippen LogP) is 3.44. The highest BCUT2D eigenvalue weighted by molar-refractivity contribution is 5.54. The molecule has 0 aliphatic heterocycles. The Balaban J connectivity index is 2.34. The van der Waals surface area contributed by atoms with Crippen molar-refractivity contribution in [2.45, 2.75) is 39.7 Å². The lowest BCUT2D eigenvalue weighted by atomic mass is 9.87. The van der Waals surface area contributed by atoms with E-state index in [2.05, 4.69) is 37.9 Å². The van der Waals surface area contributed by atoms with Gasteiger partial charge in [0.05, 0.1) is 6.61 Å². The maximum absolute atomic E-state index is 9.11. The molecule has 96 valence electrons. The van der Waals surface area contributed by atoms with Crippen LogP contribution in [-0.2, 0) is 12.0 Å². The lowest BCUT2D eigenvalue weighted by Gasteiger charge is -2.18. The average molecular weight is 245 g/mol. The topological polar surface area (TPSA) is 46.3 Å². The SMILES string of the molecule is Cc1oc(-c2ccc(C(C)(C)C)cc2)nc1CO. The normalized spacial score (nSPS) is 11.8. The van der Waals surface area contributed by atoms with Crippen LogP contribution in [0.25, 0.3) is 11.5 Å². The van der Waals surface area contributed by atoms with Crippen LogP contribution in [0, 0.1) is 6.92 Å². The van der Waals surface area contributed by atoms with Gasteiger partial charge < -0.3 is 9.52 Å². The third-order valence-electron chi connectivity index (χ3n) is 3.04. The molecule has 0 unspecified atom stereocenters. The van der Waals surface area contributed by atoms with Crippen LogP contribution in [0.4, 0.5) is 0 Å². The summed E-state index contributed by atoms with van der Waals surface area (Å²) in [5.41, 5.74) is 2.95. The minimum absolute atomic E-state index is 0.0879. The number of oxazole rings is 1. The van der Waals surface area contributed by atoms with Crippen molar-refractivity contribution < 1.29 is 9.52 Å². The number of aliphatic hydroxyl groups excluding tert-OH is 1. The summed E-state index contributed by atoms with van der Waals surface area (Å²) < 4.78 is 5.55. The summed E-state index contributed by atoms with van der Waals surface area (Å²) in [7, 11) is 0. The van der Waals surface area contributed by atoms with Gasteiger partial charge in [0.2, 0.25) is 5.89 Å². The smallest absolute Gasteiger partial charge is 0.226 e. The van der Waals surface area contributed by atoms with Gasteiger partial charge >= 0.3 is 0 Å². The second kappa shape index (κ2) is 4.58. The molecule has 0 radical (unpaired) electrons. The Hall–Kier alpha value is -1.61. The molecule has 3 heteroatoms. The third-order valence-corrected chi connectivity index (χ3v) is 3.04. The van der Waals surface area contributed by atoms with Crippen molar-refractivity contribution >= 4 is 0 Å². The summed E-state index contributed by atoms with van der Waals surface area (Å²) in [6.07, 6.45) is 0. The predicted molar refractivity (Wildman–Crippen MR) is 71.3 cm³/mol. The standard InChI is InChI=1S/C15H19NO2/c1-10-13(9-17)16-14(18-10)11-5-7-12(8-6-11)15(2,3)4/h5-8,17H,9H2,1-4H3. The van der Waals surface area contributed by atoms with E-state index in [1.807, 2.05) is 19.1 Å². The summed E-state index contributed by atoms with van der Waals surface area (Å²) in [6, 6.07) is 8.20. The number of aromatic nitrogens is 1. The van der Waals surface area contributed by atoms with Gasteiger partial charge in [-0.25, -0.2) is 4.98 Å². The van der Waals surface area contributed by atoms with E-state index in [4.69, 9.17) is 9.52 Å². The van der Waals surface area contributed by atoms with Crippen molar-refractivity contribution in [3.8, 4) is 11.5 Å². The first-order valence-corrected chi connectivity index (χ1v) is 6.10. The molecule has 0 aliphatic carbocycles. The van der Waals surface area contributed by atoms with Crippen molar-refractivity contribution in [1.82, 2.24) is 4.98 Å². The van der Waals surface area contributed by atoms with E-state index in [-0.39, 0.29) is 12.0 Å². The fourth-order valence-electron chi connectivity index (χ4n) is 1.81. The highest BCUT2D eigenvalue weighted by atomic mass is 16.4. The van der Waals surface area contributed by atoms with Crippen molar-refractivity contribution in [1.29, 1.82) is 0 Å². The Bertz CT molecular complexity index is 533. The summed E-state index contributed by atoms with van der Waals surface area (Å²) in [6.45, 7) is 8.27. The lowest BCUT2D eigenvalue weighted by molar-refractivity contribution is 0.275. The van der Waals surface area contributed by atoms with E-state index in [0.717, 1.165) is 5.56 Å². The molecule has 0 atom stereocenters. The molecule has 1 heterocycles. The molecular formula is C15H19NO2. The molecular weight excluding hydrogens is 226 g/mol. The Morgan fingerprint density at radius 3 is 2.22 bits per heavy atom. The monoisotopic (exact) mass is 245 g/mol. The molecule has 0 bridgehead atoms. The van der Waals surface area contributed by atoms with Crippen molar-refractivity contribution in [3.05, 3.63) is 41.3 Å². The first kappa shape index (κ1) is 12.8. The third kappa shape index (κ3) is 2.46. The summed E-state index contributed by atoms with van der Waals surface area (Å²) >= 11 is 0. The number of rotatable bonds is 2. The van der Waals surface area contributed by atoms with Gasteiger partial charge in [0, 0.05) is 5.56 Å². The summed E-state index contributed by atoms with van der Waals surface area (Å²) in [5, 5.41) is 9.11. The Morgan fingerprint density at radius 1 is 1.17 bits per heavy atom. The van der Waals surface area contributed by atoms with Gasteiger partial charge in [-0.15, -0.1) is 0 Å². The zero-order valence-corrected chi connectivity index (χ0v) is 11.3. The van der Waals surface area contributed by atoms with Gasteiger partial charge in [0.1, 0.15) is 11.5 Å². The molecule has 0 amide bonds. The van der Waals surface area contributed by atoms with Crippen LogP contribution in [0.5, 0.6) is 0 Å². The molecule has 18 heavy (non-hydrogen) atoms. The fraction of sp³-hybridized carbons (Fsp3) is 0.400. The first-order chi connectivity index (χ1) is 8.41. The maximum Gasteiger partial charge on any atom is 0.226 e. The molecule has 1 aromatic carbocycles. The number of benzene rings is 1. The van der Waals surface area contributed by atoms with Crippen LogP contribution in [0.3, 0.4) is 0 Å². The molecule has 0 fully saturated rings. The van der Waals surface area contributed by atoms with Crippen molar-refractivity contribution in [2.75, 3.05) is 0 Å². The fourth-order valence-corrected chi connectivity index (χ4v) is 1.81. The zero-order valence-electron chi connectivity index (χ0n) is 11.3. The van der Waals surface area contributed by atoms with Gasteiger partial charge in [-0.3, -0.25) is 0 Å². The number of aryl methyl sites for hydroxylation is 1. The van der Waals surface area contributed by atoms with E-state index < -0.39 is 0 Å². The molecule has 0 spiro atoms. The zero-order chi connectivity index (χ0) is 13.3. The number of hydrogen-bond acceptors (Lipinski definition) is 3. The molecule has 0 saturated carbocycles. The van der Waals surface area contributed by atoms with Crippen LogP contribution in [-0.4, -0.2) is 10.1 Å². The number of aliphatic hydroxyl groups is 1. The molecule has 3 nitrogen and oxygen atoms in total. The van der Waals surface area contributed by atoms with Gasteiger partial charge in [-0.05, 0) is 30.0 Å². The second-order valence-electron chi connectivity index (χ2n) is 5.51. The van der Waals surface area contributed by atoms with Gasteiger partial charge in [0.25, 0.3) is 0 Å². The van der Waals surface area contributed by atoms with Crippen molar-refractivity contribution in [3.63, 3.8) is 0 Å². The Morgan fingerprint density at radius 2 is 1.78 bits per heavy atom. The van der Waals surface area contributed by atoms with E-state index in [1.54, 1.807) is 0 Å². The van der Waals surface area contributed by atoms with Crippen LogP contribution < -0.4 is 0 Å². The number of nitrogens with zero attached hydrogens (tertiary/aromatic N) is 1. The Labute approximate surface area is 107 Å². The lowest BCUT2D eigenvalue weighted by Crippen LogP contribution is -2.10. The molecule has 2 rings (SSSR count). The average Bonchev–Trinajstić information content (AvgIpc) is 2.69. The molecule has 2 aromatic rings. The first-order valence-electron chi connectivity index (χ1n) is 6.10. The van der Waals surface area contributed by atoms with Crippen molar-refractivity contribution in [2.24, 2.45) is 0 Å². The summed E-state index contributed by atoms with van der Waals surface area (Å²) in [4.78, 5) is 4.27. The van der Waals surface area contributed by atoms with Crippen LogP contribution in [0.15, 0.2) is 28.7 Å². The van der Waals surface area contributed by atoms with Gasteiger partial charge in [-0.2, -0.15) is 0 Å². The largest absolute Gasteiger partial charge is 0.441 e. The van der Waals surface area contributed by atoms with Gasteiger partial charge in [0.15, 0.2) is 0 Å². The summed E-state index contributed by atoms with van der Waals surface area (Å²) in [5.74, 6) is 1.24. The number of hydrogen-bond donors (Lipinski definition) is 1. The minimum Gasteiger partial charge on any atom is -0.441 e. The van der Waals surface area contributed by atoms with Crippen LogP contribution in [0.1, 0.15) is 37.8 Å². The van der Waals surface area contributed by atoms with Crippen LogP contribution >= 0.6 is 0 Å². The van der Waals surface area contributed by atoms with E-state index in [1.165, 1.54) is 5.56 Å².